The van der Waals surface area contributed by atoms with Crippen LogP contribution in [0.2, 0.25) is 0 Å². The minimum absolute atomic E-state index is 0.615. The van der Waals surface area contributed by atoms with Crippen molar-refractivity contribution in [1.29, 1.82) is 0 Å². The van der Waals surface area contributed by atoms with Crippen LogP contribution < -0.4 is 0 Å². The van der Waals surface area contributed by atoms with Gasteiger partial charge in [0.05, 0.1) is 11.0 Å². The molecule has 0 amide bonds. The number of nitrogens with zero attached hydrogens (tertiary/aromatic N) is 4. The monoisotopic (exact) mass is 628 g/mol. The zero-order valence-corrected chi connectivity index (χ0v) is 25.2. The van der Waals surface area contributed by atoms with Crippen LogP contribution in [0.25, 0.3) is 72.8 Å². The minimum atomic E-state index is 0.615. The van der Waals surface area contributed by atoms with E-state index < -0.39 is 0 Å². The number of halogens is 1. The first-order valence-corrected chi connectivity index (χ1v) is 15.3. The SMILES string of the molecule is Brc1cc(-c2nc(-c3ccccc3)nc(-c3ccc(-c4ccccc4)cc3)n2)cc(-n2c3ccccc3c3ccccc32)c1. The van der Waals surface area contributed by atoms with E-state index in [1.165, 1.54) is 16.3 Å². The first-order chi connectivity index (χ1) is 21.7. The Labute approximate surface area is 263 Å². The highest BCUT2D eigenvalue weighted by molar-refractivity contribution is 9.10. The Kier molecular flexibility index (Phi) is 6.58. The Morgan fingerprint density at radius 1 is 0.386 bits per heavy atom. The maximum absolute atomic E-state index is 5.04. The fourth-order valence-electron chi connectivity index (χ4n) is 5.83. The zero-order valence-electron chi connectivity index (χ0n) is 23.6. The highest BCUT2D eigenvalue weighted by Crippen LogP contribution is 2.35. The topological polar surface area (TPSA) is 43.6 Å². The molecule has 0 aliphatic carbocycles. The lowest BCUT2D eigenvalue weighted by molar-refractivity contribution is 1.07. The van der Waals surface area contributed by atoms with Gasteiger partial charge in [-0.15, -0.1) is 0 Å². The molecule has 2 aromatic heterocycles. The lowest BCUT2D eigenvalue weighted by atomic mass is 10.0. The summed E-state index contributed by atoms with van der Waals surface area (Å²) in [7, 11) is 0. The number of hydrogen-bond donors (Lipinski definition) is 0. The molecule has 0 bridgehead atoms. The van der Waals surface area contributed by atoms with E-state index >= 15 is 0 Å². The van der Waals surface area contributed by atoms with Gasteiger partial charge < -0.3 is 4.57 Å². The van der Waals surface area contributed by atoms with Gasteiger partial charge in [0.2, 0.25) is 0 Å². The molecule has 0 unspecified atom stereocenters. The van der Waals surface area contributed by atoms with Crippen molar-refractivity contribution in [2.75, 3.05) is 0 Å². The molecular weight excluding hydrogens is 604 g/mol. The molecule has 8 rings (SSSR count). The van der Waals surface area contributed by atoms with Gasteiger partial charge >= 0.3 is 0 Å². The van der Waals surface area contributed by atoms with Crippen molar-refractivity contribution in [3.63, 3.8) is 0 Å². The normalized spacial score (nSPS) is 11.3. The molecule has 4 nitrogen and oxygen atoms in total. The Bertz CT molecular complexity index is 2220. The van der Waals surface area contributed by atoms with E-state index in [0.29, 0.717) is 17.5 Å². The fourth-order valence-corrected chi connectivity index (χ4v) is 6.31. The van der Waals surface area contributed by atoms with Crippen molar-refractivity contribution in [1.82, 2.24) is 19.5 Å². The van der Waals surface area contributed by atoms with Crippen molar-refractivity contribution >= 4 is 37.7 Å². The summed E-state index contributed by atoms with van der Waals surface area (Å²) in [6.07, 6.45) is 0. The average molecular weight is 630 g/mol. The van der Waals surface area contributed by atoms with Gasteiger partial charge in [-0.05, 0) is 41.5 Å². The van der Waals surface area contributed by atoms with Gasteiger partial charge in [0, 0.05) is 37.6 Å². The van der Waals surface area contributed by atoms with Crippen LogP contribution in [0.3, 0.4) is 0 Å². The molecule has 44 heavy (non-hydrogen) atoms. The van der Waals surface area contributed by atoms with Crippen molar-refractivity contribution in [3.05, 3.63) is 156 Å². The third-order valence-corrected chi connectivity index (χ3v) is 8.35. The van der Waals surface area contributed by atoms with Crippen LogP contribution in [-0.4, -0.2) is 19.5 Å². The van der Waals surface area contributed by atoms with Gasteiger partial charge in [-0.25, -0.2) is 15.0 Å². The molecule has 0 aliphatic heterocycles. The van der Waals surface area contributed by atoms with Crippen LogP contribution >= 0.6 is 15.9 Å². The van der Waals surface area contributed by atoms with Crippen LogP contribution in [-0.2, 0) is 0 Å². The predicted molar refractivity (Wildman–Crippen MR) is 184 cm³/mol. The Balaban J connectivity index is 1.30. The molecule has 0 saturated heterocycles. The molecule has 0 fully saturated rings. The molecule has 0 atom stereocenters. The second-order valence-electron chi connectivity index (χ2n) is 10.7. The molecule has 0 aliphatic rings. The summed E-state index contributed by atoms with van der Waals surface area (Å²) in [5, 5.41) is 2.44. The number of rotatable bonds is 5. The second kappa shape index (κ2) is 11.0. The van der Waals surface area contributed by atoms with Gasteiger partial charge in [0.15, 0.2) is 17.5 Å². The van der Waals surface area contributed by atoms with Gasteiger partial charge in [-0.2, -0.15) is 0 Å². The molecule has 5 heteroatoms. The molecule has 0 saturated carbocycles. The van der Waals surface area contributed by atoms with E-state index in [0.717, 1.165) is 43.4 Å². The third-order valence-electron chi connectivity index (χ3n) is 7.90. The average Bonchev–Trinajstić information content (AvgIpc) is 3.43. The van der Waals surface area contributed by atoms with Crippen LogP contribution in [0.4, 0.5) is 0 Å². The molecule has 0 radical (unpaired) electrons. The third kappa shape index (κ3) is 4.77. The number of para-hydroxylation sites is 2. The van der Waals surface area contributed by atoms with Crippen molar-refractivity contribution < 1.29 is 0 Å². The van der Waals surface area contributed by atoms with Crippen molar-refractivity contribution in [2.45, 2.75) is 0 Å². The van der Waals surface area contributed by atoms with Crippen LogP contribution in [0.5, 0.6) is 0 Å². The fraction of sp³-hybridized carbons (Fsp3) is 0. The maximum atomic E-state index is 5.04. The number of benzene rings is 6. The van der Waals surface area contributed by atoms with Crippen LogP contribution in [0.1, 0.15) is 0 Å². The molecular formula is C39H25BrN4. The highest BCUT2D eigenvalue weighted by atomic mass is 79.9. The maximum Gasteiger partial charge on any atom is 0.164 e. The van der Waals surface area contributed by atoms with E-state index in [-0.39, 0.29) is 0 Å². The Morgan fingerprint density at radius 3 is 1.41 bits per heavy atom. The molecule has 2 heterocycles. The first-order valence-electron chi connectivity index (χ1n) is 14.5. The van der Waals surface area contributed by atoms with Crippen LogP contribution in [0.15, 0.2) is 156 Å². The lowest BCUT2D eigenvalue weighted by Crippen LogP contribution is -2.01. The molecule has 0 N–H and O–H groups in total. The zero-order chi connectivity index (χ0) is 29.5. The predicted octanol–water partition coefficient (Wildman–Crippen LogP) is 10.4. The quantitative estimate of drug-likeness (QED) is 0.190. The molecule has 6 aromatic carbocycles. The standard InChI is InChI=1S/C39H25BrN4/c40-31-23-30(24-32(25-31)44-35-17-9-7-15-33(35)34-16-8-10-18-36(34)44)39-42-37(28-13-5-2-6-14-28)41-38(43-39)29-21-19-27(20-22-29)26-11-3-1-4-12-26/h1-25H. The Hall–Kier alpha value is -5.39. The summed E-state index contributed by atoms with van der Waals surface area (Å²) >= 11 is 3.80. The largest absolute Gasteiger partial charge is 0.309 e. The second-order valence-corrected chi connectivity index (χ2v) is 11.6. The van der Waals surface area contributed by atoms with E-state index in [1.54, 1.807) is 0 Å². The summed E-state index contributed by atoms with van der Waals surface area (Å²) in [6, 6.07) is 52.3. The number of hydrogen-bond acceptors (Lipinski definition) is 3. The van der Waals surface area contributed by atoms with E-state index in [9.17, 15) is 0 Å². The highest BCUT2D eigenvalue weighted by Gasteiger charge is 2.16. The first kappa shape index (κ1) is 26.3. The van der Waals surface area contributed by atoms with Gasteiger partial charge in [0.1, 0.15) is 0 Å². The molecule has 208 valence electrons. The summed E-state index contributed by atoms with van der Waals surface area (Å²) in [5.74, 6) is 1.88. The van der Waals surface area contributed by atoms with Crippen molar-refractivity contribution in [3.8, 4) is 51.0 Å². The van der Waals surface area contributed by atoms with Crippen LogP contribution in [0, 0.1) is 0 Å². The molecule has 8 aromatic rings. The number of aromatic nitrogens is 4. The van der Waals surface area contributed by atoms with Gasteiger partial charge in [-0.1, -0.05) is 137 Å². The summed E-state index contributed by atoms with van der Waals surface area (Å²) < 4.78 is 3.25. The summed E-state index contributed by atoms with van der Waals surface area (Å²) in [6.45, 7) is 0. The summed E-state index contributed by atoms with van der Waals surface area (Å²) in [4.78, 5) is 15.0. The lowest BCUT2D eigenvalue weighted by Gasteiger charge is -2.12. The molecule has 0 spiro atoms. The Morgan fingerprint density at radius 2 is 0.818 bits per heavy atom. The van der Waals surface area contributed by atoms with E-state index in [2.05, 4.69) is 136 Å². The smallest absolute Gasteiger partial charge is 0.164 e. The van der Waals surface area contributed by atoms with Gasteiger partial charge in [0.25, 0.3) is 0 Å². The van der Waals surface area contributed by atoms with E-state index in [4.69, 9.17) is 15.0 Å². The summed E-state index contributed by atoms with van der Waals surface area (Å²) in [5.41, 5.74) is 8.43. The van der Waals surface area contributed by atoms with Crippen molar-refractivity contribution in [2.24, 2.45) is 0 Å². The minimum Gasteiger partial charge on any atom is -0.309 e. The van der Waals surface area contributed by atoms with E-state index in [1.807, 2.05) is 36.4 Å². The number of fused-ring (bicyclic) bond motifs is 3. The van der Waals surface area contributed by atoms with Gasteiger partial charge in [-0.3, -0.25) is 0 Å².